The molecule has 4 bridgehead atoms. The number of para-hydroxylation sites is 1. The van der Waals surface area contributed by atoms with Gasteiger partial charge in [-0.25, -0.2) is 0 Å². The van der Waals surface area contributed by atoms with Gasteiger partial charge in [0.25, 0.3) is 0 Å². The van der Waals surface area contributed by atoms with E-state index in [4.69, 9.17) is 4.74 Å². The number of carbonyl (C=O) groups is 1. The lowest BCUT2D eigenvalue weighted by Crippen LogP contribution is -2.32. The smallest absolute Gasteiger partial charge is 0.311 e. The van der Waals surface area contributed by atoms with Gasteiger partial charge in [-0.15, -0.1) is 0 Å². The predicted molar refractivity (Wildman–Crippen MR) is 84.1 cm³/mol. The monoisotopic (exact) mass is 294 g/mol. The summed E-state index contributed by atoms with van der Waals surface area (Å²) in [6.45, 7) is 0. The van der Waals surface area contributed by atoms with Gasteiger partial charge in [0.2, 0.25) is 0 Å². The number of carbonyl (C=O) groups excluding carboxylic acids is 1. The second kappa shape index (κ2) is 4.71. The van der Waals surface area contributed by atoms with Gasteiger partial charge < -0.3 is 4.74 Å². The van der Waals surface area contributed by atoms with Gasteiger partial charge in [-0.2, -0.15) is 0 Å². The van der Waals surface area contributed by atoms with Crippen LogP contribution in [0.2, 0.25) is 0 Å². The Hall–Kier alpha value is -1.57. The zero-order chi connectivity index (χ0) is 14.7. The number of esters is 1. The maximum absolute atomic E-state index is 12.3. The summed E-state index contributed by atoms with van der Waals surface area (Å²) in [7, 11) is 0. The summed E-state index contributed by atoms with van der Waals surface area (Å²) in [4.78, 5) is 12.3. The second-order valence-corrected chi connectivity index (χ2v) is 7.75. The number of rotatable bonds is 3. The Balaban J connectivity index is 1.27. The number of fused-ring (bicyclic) bond motifs is 9. The van der Waals surface area contributed by atoms with Crippen LogP contribution in [0.1, 0.15) is 25.7 Å². The van der Waals surface area contributed by atoms with Gasteiger partial charge in [0.05, 0.1) is 0 Å². The first kappa shape index (κ1) is 12.9. The van der Waals surface area contributed by atoms with Crippen molar-refractivity contribution in [2.24, 2.45) is 41.4 Å². The predicted octanol–water partition coefficient (Wildman–Crippen LogP) is 4.08. The Labute approximate surface area is 131 Å². The molecule has 0 heterocycles. The van der Waals surface area contributed by atoms with Crippen LogP contribution in [-0.4, -0.2) is 5.97 Å². The third kappa shape index (κ3) is 1.82. The topological polar surface area (TPSA) is 26.3 Å². The molecule has 7 atom stereocenters. The van der Waals surface area contributed by atoms with Crippen LogP contribution < -0.4 is 4.74 Å². The number of allylic oxidation sites excluding steroid dienone is 2. The van der Waals surface area contributed by atoms with Crippen LogP contribution >= 0.6 is 0 Å². The van der Waals surface area contributed by atoms with Crippen LogP contribution in [0.3, 0.4) is 0 Å². The highest BCUT2D eigenvalue weighted by molar-refractivity contribution is 5.72. The van der Waals surface area contributed by atoms with Crippen molar-refractivity contribution in [1.82, 2.24) is 0 Å². The molecule has 3 fully saturated rings. The normalized spacial score (nSPS) is 43.5. The van der Waals surface area contributed by atoms with Gasteiger partial charge in [-0.05, 0) is 72.8 Å². The van der Waals surface area contributed by atoms with Gasteiger partial charge in [-0.1, -0.05) is 30.4 Å². The standard InChI is InChI=1S/C20H22O2/c21-18(22-16-4-2-1-3-5-16)11-14-9-15-10-17(14)20-13-7-6-12(8-13)19(15)20/h1-7,12-15,17,19-20H,8-11H2. The number of hydrogen-bond acceptors (Lipinski definition) is 2. The summed E-state index contributed by atoms with van der Waals surface area (Å²) in [6, 6.07) is 9.47. The Morgan fingerprint density at radius 3 is 2.59 bits per heavy atom. The third-order valence-corrected chi connectivity index (χ3v) is 6.81. The van der Waals surface area contributed by atoms with E-state index in [-0.39, 0.29) is 5.97 Å². The van der Waals surface area contributed by atoms with Gasteiger partial charge in [0.1, 0.15) is 5.75 Å². The highest BCUT2D eigenvalue weighted by atomic mass is 16.5. The fraction of sp³-hybridized carbons (Fsp3) is 0.550. The molecule has 0 radical (unpaired) electrons. The number of benzene rings is 1. The lowest BCUT2D eigenvalue weighted by Gasteiger charge is -2.36. The van der Waals surface area contributed by atoms with Gasteiger partial charge in [0, 0.05) is 6.42 Å². The van der Waals surface area contributed by atoms with E-state index in [2.05, 4.69) is 12.2 Å². The Kier molecular flexibility index (Phi) is 2.77. The van der Waals surface area contributed by atoms with Gasteiger partial charge in [-0.3, -0.25) is 4.79 Å². The van der Waals surface area contributed by atoms with Gasteiger partial charge in [0.15, 0.2) is 0 Å². The van der Waals surface area contributed by atoms with Crippen molar-refractivity contribution in [3.8, 4) is 5.75 Å². The molecular formula is C20H22O2. The van der Waals surface area contributed by atoms with Crippen molar-refractivity contribution in [3.63, 3.8) is 0 Å². The van der Waals surface area contributed by atoms with Crippen LogP contribution in [0.4, 0.5) is 0 Å². The maximum atomic E-state index is 12.3. The van der Waals surface area contributed by atoms with Crippen LogP contribution in [0.5, 0.6) is 5.75 Å². The van der Waals surface area contributed by atoms with Crippen LogP contribution in [0, 0.1) is 41.4 Å². The van der Waals surface area contributed by atoms with E-state index < -0.39 is 0 Å². The van der Waals surface area contributed by atoms with Crippen LogP contribution in [0.25, 0.3) is 0 Å². The van der Waals surface area contributed by atoms with Gasteiger partial charge >= 0.3 is 5.97 Å². The van der Waals surface area contributed by atoms with Crippen molar-refractivity contribution < 1.29 is 9.53 Å². The van der Waals surface area contributed by atoms with E-state index >= 15 is 0 Å². The minimum atomic E-state index is -0.0426. The first-order chi connectivity index (χ1) is 10.8. The number of hydrogen-bond donors (Lipinski definition) is 0. The molecule has 2 nitrogen and oxygen atoms in total. The average Bonchev–Trinajstić information content (AvgIpc) is 3.27. The van der Waals surface area contributed by atoms with Crippen LogP contribution in [0.15, 0.2) is 42.5 Å². The molecule has 4 aliphatic carbocycles. The minimum Gasteiger partial charge on any atom is -0.427 e. The zero-order valence-electron chi connectivity index (χ0n) is 12.7. The fourth-order valence-electron chi connectivity index (χ4n) is 6.26. The van der Waals surface area contributed by atoms with Crippen LogP contribution in [-0.2, 0) is 4.79 Å². The van der Waals surface area contributed by atoms with E-state index in [1.807, 2.05) is 30.3 Å². The molecule has 4 aliphatic rings. The first-order valence-electron chi connectivity index (χ1n) is 8.73. The molecule has 0 spiro atoms. The van der Waals surface area contributed by atoms with Crippen molar-refractivity contribution in [2.75, 3.05) is 0 Å². The van der Waals surface area contributed by atoms with Crippen molar-refractivity contribution in [2.45, 2.75) is 25.7 Å². The molecule has 5 rings (SSSR count). The molecule has 0 saturated heterocycles. The molecule has 0 aromatic heterocycles. The van der Waals surface area contributed by atoms with E-state index in [0.717, 1.165) is 35.5 Å². The molecule has 1 aromatic rings. The minimum absolute atomic E-state index is 0.0426. The Morgan fingerprint density at radius 2 is 1.77 bits per heavy atom. The molecule has 114 valence electrons. The average molecular weight is 294 g/mol. The van der Waals surface area contributed by atoms with E-state index in [9.17, 15) is 4.79 Å². The van der Waals surface area contributed by atoms with Crippen molar-refractivity contribution >= 4 is 5.97 Å². The van der Waals surface area contributed by atoms with E-state index in [0.29, 0.717) is 18.1 Å². The molecule has 0 amide bonds. The lowest BCUT2D eigenvalue weighted by molar-refractivity contribution is -0.136. The third-order valence-electron chi connectivity index (χ3n) is 6.81. The SMILES string of the molecule is O=C(CC1CC2CC1C1C3C=CC(C3)C21)Oc1ccccc1. The summed E-state index contributed by atoms with van der Waals surface area (Å²) in [5.41, 5.74) is 0. The Bertz CT molecular complexity index is 620. The molecule has 3 saturated carbocycles. The fourth-order valence-corrected chi connectivity index (χ4v) is 6.26. The summed E-state index contributed by atoms with van der Waals surface area (Å²) in [5, 5.41) is 0. The van der Waals surface area contributed by atoms with E-state index in [1.54, 1.807) is 0 Å². The second-order valence-electron chi connectivity index (χ2n) is 7.75. The molecule has 0 aliphatic heterocycles. The summed E-state index contributed by atoms with van der Waals surface area (Å²) >= 11 is 0. The lowest BCUT2D eigenvalue weighted by atomic mass is 9.69. The summed E-state index contributed by atoms with van der Waals surface area (Å²) < 4.78 is 5.50. The number of ether oxygens (including phenoxy) is 1. The molecule has 1 aromatic carbocycles. The zero-order valence-corrected chi connectivity index (χ0v) is 12.7. The maximum Gasteiger partial charge on any atom is 0.311 e. The molecule has 22 heavy (non-hydrogen) atoms. The summed E-state index contributed by atoms with van der Waals surface area (Å²) in [6.07, 6.45) is 9.57. The first-order valence-corrected chi connectivity index (χ1v) is 8.73. The molecular weight excluding hydrogens is 272 g/mol. The Morgan fingerprint density at radius 1 is 1.00 bits per heavy atom. The largest absolute Gasteiger partial charge is 0.427 e. The molecule has 0 N–H and O–H groups in total. The van der Waals surface area contributed by atoms with Crippen molar-refractivity contribution in [3.05, 3.63) is 42.5 Å². The molecule has 2 heteroatoms. The quantitative estimate of drug-likeness (QED) is 0.363. The highest BCUT2D eigenvalue weighted by Crippen LogP contribution is 2.67. The highest BCUT2D eigenvalue weighted by Gasteiger charge is 2.60. The summed E-state index contributed by atoms with van der Waals surface area (Å²) in [5.74, 6) is 6.36. The molecule has 7 unspecified atom stereocenters. The van der Waals surface area contributed by atoms with Crippen molar-refractivity contribution in [1.29, 1.82) is 0 Å². The van der Waals surface area contributed by atoms with E-state index in [1.165, 1.54) is 19.3 Å².